The second-order valence-corrected chi connectivity index (χ2v) is 7.51. The van der Waals surface area contributed by atoms with E-state index in [1.54, 1.807) is 0 Å². The molecule has 0 radical (unpaired) electrons. The van der Waals surface area contributed by atoms with E-state index < -0.39 is 33.5 Å². The first kappa shape index (κ1) is 21.3. The van der Waals surface area contributed by atoms with Crippen LogP contribution in [0.4, 0.5) is 26.3 Å². The Morgan fingerprint density at radius 1 is 1.07 bits per heavy atom. The molecule has 0 saturated carbocycles. The van der Waals surface area contributed by atoms with Gasteiger partial charge in [0.2, 0.25) is 0 Å². The lowest BCUT2D eigenvalue weighted by molar-refractivity contribution is -0.185. The maximum absolute atomic E-state index is 12.6. The molecule has 0 saturated heterocycles. The fourth-order valence-electron chi connectivity index (χ4n) is 2.76. The van der Waals surface area contributed by atoms with E-state index in [9.17, 15) is 39.6 Å². The summed E-state index contributed by atoms with van der Waals surface area (Å²) in [4.78, 5) is 12.0. The molecule has 1 amide bonds. The quantitative estimate of drug-likeness (QED) is 0.420. The van der Waals surface area contributed by atoms with Gasteiger partial charge in [-0.3, -0.25) is 4.79 Å². The molecule has 0 N–H and O–H groups in total. The van der Waals surface area contributed by atoms with Gasteiger partial charge in [0.05, 0.1) is 0 Å². The highest BCUT2D eigenvalue weighted by Crippen LogP contribution is 2.35. The predicted octanol–water partition coefficient (Wildman–Crippen LogP) is 3.10. The number of fused-ring (bicyclic) bond motifs is 1. The number of nitrogens with zero attached hydrogens (tertiary/aromatic N) is 1. The minimum Gasteiger partial charge on any atom is -0.375 e. The molecule has 1 heterocycles. The Bertz CT molecular complexity index is 832. The highest BCUT2D eigenvalue weighted by atomic mass is 32.2. The zero-order valence-electron chi connectivity index (χ0n) is 13.9. The van der Waals surface area contributed by atoms with Gasteiger partial charge in [0.1, 0.15) is 5.75 Å². The monoisotopic (exact) mass is 419 g/mol. The summed E-state index contributed by atoms with van der Waals surface area (Å²) in [6.45, 7) is 0.788. The van der Waals surface area contributed by atoms with E-state index in [4.69, 9.17) is 0 Å². The second kappa shape index (κ2) is 7.21. The average Bonchev–Trinajstić information content (AvgIpc) is 2.48. The van der Waals surface area contributed by atoms with E-state index in [-0.39, 0.29) is 43.5 Å². The van der Waals surface area contributed by atoms with Crippen LogP contribution in [0, 0.1) is 6.92 Å². The van der Waals surface area contributed by atoms with Crippen molar-refractivity contribution in [3.8, 4) is 5.75 Å². The van der Waals surface area contributed by atoms with E-state index >= 15 is 0 Å². The Hall–Kier alpha value is -1.98. The first-order valence-electron chi connectivity index (χ1n) is 7.72. The minimum atomic E-state index is -5.88. The standard InChI is InChI=1S/C15H15F6NO4S/c1-9-4-5-10-6-8-22(13(23)14(16,17)18)7-2-3-11(10)12(9)26-27(24,25)15(19,20)21/h4-5H,2-3,6-8H2,1H3. The van der Waals surface area contributed by atoms with Gasteiger partial charge in [-0.25, -0.2) is 0 Å². The summed E-state index contributed by atoms with van der Waals surface area (Å²) in [5.41, 5.74) is -4.96. The molecule has 0 bridgehead atoms. The van der Waals surface area contributed by atoms with Crippen molar-refractivity contribution in [1.82, 2.24) is 4.90 Å². The number of benzene rings is 1. The molecule has 0 unspecified atom stereocenters. The predicted molar refractivity (Wildman–Crippen MR) is 81.4 cm³/mol. The highest BCUT2D eigenvalue weighted by Gasteiger charge is 2.49. The van der Waals surface area contributed by atoms with E-state index in [2.05, 4.69) is 4.18 Å². The molecular formula is C15H15F6NO4S. The molecule has 1 aromatic rings. The first-order valence-corrected chi connectivity index (χ1v) is 9.13. The van der Waals surface area contributed by atoms with Gasteiger partial charge in [0.25, 0.3) is 0 Å². The van der Waals surface area contributed by atoms with Gasteiger partial charge < -0.3 is 9.08 Å². The number of carbonyl (C=O) groups is 1. The number of hydrogen-bond donors (Lipinski definition) is 0. The van der Waals surface area contributed by atoms with E-state index in [1.165, 1.54) is 19.1 Å². The molecule has 12 heteroatoms. The largest absolute Gasteiger partial charge is 0.534 e. The van der Waals surface area contributed by atoms with Crippen LogP contribution in [-0.2, 0) is 27.8 Å². The normalized spacial score (nSPS) is 16.3. The summed E-state index contributed by atoms with van der Waals surface area (Å²) in [6, 6.07) is 2.79. The van der Waals surface area contributed by atoms with Gasteiger partial charge >= 0.3 is 27.7 Å². The molecule has 0 aliphatic carbocycles. The van der Waals surface area contributed by atoms with Gasteiger partial charge in [0.15, 0.2) is 0 Å². The average molecular weight is 419 g/mol. The number of rotatable bonds is 2. The van der Waals surface area contributed by atoms with Crippen molar-refractivity contribution in [1.29, 1.82) is 0 Å². The van der Waals surface area contributed by atoms with Gasteiger partial charge in [0, 0.05) is 13.1 Å². The molecule has 0 aromatic heterocycles. The number of amides is 1. The van der Waals surface area contributed by atoms with Crippen LogP contribution in [-0.4, -0.2) is 44.0 Å². The van der Waals surface area contributed by atoms with Crippen LogP contribution in [0.5, 0.6) is 5.75 Å². The molecule has 27 heavy (non-hydrogen) atoms. The molecule has 1 aliphatic heterocycles. The number of hydrogen-bond acceptors (Lipinski definition) is 4. The summed E-state index contributed by atoms with van der Waals surface area (Å²) in [5.74, 6) is -2.46. The van der Waals surface area contributed by atoms with Crippen LogP contribution in [0.2, 0.25) is 0 Å². The maximum atomic E-state index is 12.6. The number of halogens is 6. The fraction of sp³-hybridized carbons (Fsp3) is 0.533. The summed E-state index contributed by atoms with van der Waals surface area (Å²) in [6.07, 6.45) is -5.15. The third-order valence-electron chi connectivity index (χ3n) is 4.07. The molecule has 1 aromatic carbocycles. The Kier molecular flexibility index (Phi) is 5.69. The van der Waals surface area contributed by atoms with Crippen molar-refractivity contribution in [2.45, 2.75) is 37.9 Å². The molecule has 0 spiro atoms. The fourth-order valence-corrected chi connectivity index (χ4v) is 3.31. The molecule has 5 nitrogen and oxygen atoms in total. The lowest BCUT2D eigenvalue weighted by atomic mass is 9.95. The van der Waals surface area contributed by atoms with Crippen LogP contribution in [0.25, 0.3) is 0 Å². The van der Waals surface area contributed by atoms with E-state index in [1.807, 2.05) is 0 Å². The lowest BCUT2D eigenvalue weighted by Crippen LogP contribution is -2.43. The van der Waals surface area contributed by atoms with Crippen molar-refractivity contribution in [2.75, 3.05) is 13.1 Å². The van der Waals surface area contributed by atoms with Crippen LogP contribution < -0.4 is 4.18 Å². The molecule has 2 rings (SSSR count). The van der Waals surface area contributed by atoms with Gasteiger partial charge in [-0.1, -0.05) is 12.1 Å². The zero-order valence-corrected chi connectivity index (χ0v) is 14.8. The van der Waals surface area contributed by atoms with Gasteiger partial charge in [-0.2, -0.15) is 34.8 Å². The Balaban J connectivity index is 2.35. The first-order chi connectivity index (χ1) is 12.2. The smallest absolute Gasteiger partial charge is 0.375 e. The van der Waals surface area contributed by atoms with Gasteiger partial charge in [-0.05, 0) is 42.9 Å². The summed E-state index contributed by atoms with van der Waals surface area (Å²) < 4.78 is 103. The third-order valence-corrected chi connectivity index (χ3v) is 5.02. The van der Waals surface area contributed by atoms with Crippen molar-refractivity contribution in [3.63, 3.8) is 0 Å². The molecule has 152 valence electrons. The SMILES string of the molecule is Cc1ccc2c(c1OS(=O)(=O)C(F)(F)F)CCCN(C(=O)C(F)(F)F)CC2. The molecule has 1 aliphatic rings. The highest BCUT2D eigenvalue weighted by molar-refractivity contribution is 7.88. The zero-order chi connectivity index (χ0) is 20.6. The molecule has 0 fully saturated rings. The van der Waals surface area contributed by atoms with E-state index in [0.29, 0.717) is 10.5 Å². The van der Waals surface area contributed by atoms with Crippen LogP contribution in [0.1, 0.15) is 23.1 Å². The summed E-state index contributed by atoms with van der Waals surface area (Å²) in [7, 11) is -5.88. The molecule has 0 atom stereocenters. The maximum Gasteiger partial charge on any atom is 0.534 e. The lowest BCUT2D eigenvalue weighted by Gasteiger charge is -2.27. The van der Waals surface area contributed by atoms with E-state index in [0.717, 1.165) is 0 Å². The third kappa shape index (κ3) is 4.66. The van der Waals surface area contributed by atoms with Crippen molar-refractivity contribution >= 4 is 16.0 Å². The number of aryl methyl sites for hydroxylation is 1. The van der Waals surface area contributed by atoms with Crippen molar-refractivity contribution in [2.24, 2.45) is 0 Å². The Labute approximate surface area is 151 Å². The molecular weight excluding hydrogens is 404 g/mol. The van der Waals surface area contributed by atoms with Crippen LogP contribution >= 0.6 is 0 Å². The second-order valence-electron chi connectivity index (χ2n) is 5.98. The minimum absolute atomic E-state index is 0.000693. The number of carbonyl (C=O) groups excluding carboxylic acids is 1. The van der Waals surface area contributed by atoms with Crippen molar-refractivity contribution < 1.29 is 43.7 Å². The summed E-state index contributed by atoms with van der Waals surface area (Å²) >= 11 is 0. The Morgan fingerprint density at radius 2 is 1.70 bits per heavy atom. The van der Waals surface area contributed by atoms with Crippen LogP contribution in [0.3, 0.4) is 0 Å². The topological polar surface area (TPSA) is 63.7 Å². The number of alkyl halides is 6. The summed E-state index contributed by atoms with van der Waals surface area (Å²) in [5, 5.41) is 0. The van der Waals surface area contributed by atoms with Crippen molar-refractivity contribution in [3.05, 3.63) is 28.8 Å². The Morgan fingerprint density at radius 3 is 2.26 bits per heavy atom. The van der Waals surface area contributed by atoms with Gasteiger partial charge in [-0.15, -0.1) is 0 Å². The van der Waals surface area contributed by atoms with Crippen LogP contribution in [0.15, 0.2) is 12.1 Å².